The molecular weight excluding hydrogens is 176 g/mol. The zero-order valence-electron chi connectivity index (χ0n) is 9.54. The summed E-state index contributed by atoms with van der Waals surface area (Å²) in [6, 6.07) is 0. The van der Waals surface area contributed by atoms with Crippen LogP contribution in [0.3, 0.4) is 0 Å². The Kier molecular flexibility index (Phi) is 12.7. The highest BCUT2D eigenvalue weighted by Crippen LogP contribution is 1.99. The molecule has 0 spiro atoms. The van der Waals surface area contributed by atoms with Crippen LogP contribution in [0.1, 0.15) is 27.7 Å². The molecule has 0 unspecified atom stereocenters. The molecule has 0 heterocycles. The van der Waals surface area contributed by atoms with Crippen LogP contribution in [-0.2, 0) is 9.53 Å². The molecule has 0 aliphatic rings. The van der Waals surface area contributed by atoms with Gasteiger partial charge in [0.25, 0.3) is 0 Å². The van der Waals surface area contributed by atoms with E-state index in [1.165, 1.54) is 6.92 Å². The van der Waals surface area contributed by atoms with E-state index >= 15 is 0 Å². The van der Waals surface area contributed by atoms with Crippen molar-refractivity contribution in [3.63, 3.8) is 0 Å². The van der Waals surface area contributed by atoms with Crippen LogP contribution in [0.2, 0.25) is 0 Å². The number of carbonyl (C=O) groups excluding carboxylic acids is 1. The van der Waals surface area contributed by atoms with Crippen LogP contribution < -0.4 is 0 Å². The van der Waals surface area contributed by atoms with E-state index in [0.29, 0.717) is 5.76 Å². The van der Waals surface area contributed by atoms with E-state index in [-0.39, 0.29) is 12.4 Å². The van der Waals surface area contributed by atoms with Gasteiger partial charge in [-0.15, -0.1) is 0 Å². The molecule has 0 aromatic carbocycles. The van der Waals surface area contributed by atoms with Gasteiger partial charge in [-0.25, -0.2) is 0 Å². The molecule has 0 aromatic rings. The lowest BCUT2D eigenvalue weighted by Gasteiger charge is -2.02. The highest BCUT2D eigenvalue weighted by Gasteiger charge is 1.94. The predicted octanol–water partition coefficient (Wildman–Crippen LogP) is 3.26. The molecule has 0 saturated heterocycles. The fourth-order valence-electron chi connectivity index (χ4n) is 0.576. The molecule has 0 rings (SSSR count). The first-order valence-corrected chi connectivity index (χ1v) is 4.78. The topological polar surface area (TPSA) is 26.3 Å². The summed E-state index contributed by atoms with van der Waals surface area (Å²) < 4.78 is 5.13. The Morgan fingerprint density at radius 2 is 2.00 bits per heavy atom. The van der Waals surface area contributed by atoms with E-state index in [0.717, 1.165) is 0 Å². The van der Waals surface area contributed by atoms with E-state index in [1.807, 2.05) is 20.8 Å². The van der Waals surface area contributed by atoms with Gasteiger partial charge in [-0.1, -0.05) is 32.6 Å². The normalized spacial score (nSPS) is 10.4. The lowest BCUT2D eigenvalue weighted by molar-refractivity contribution is -0.120. The molecule has 0 aromatic heterocycles. The molecule has 14 heavy (non-hydrogen) atoms. The Morgan fingerprint density at radius 3 is 2.36 bits per heavy atom. The first-order valence-electron chi connectivity index (χ1n) is 4.78. The van der Waals surface area contributed by atoms with Crippen LogP contribution in [0, 0.1) is 0 Å². The van der Waals surface area contributed by atoms with E-state index < -0.39 is 0 Å². The van der Waals surface area contributed by atoms with Crippen molar-refractivity contribution in [2.24, 2.45) is 0 Å². The van der Waals surface area contributed by atoms with E-state index in [2.05, 4.69) is 6.58 Å². The maximum absolute atomic E-state index is 10.5. The number of hydrogen-bond acceptors (Lipinski definition) is 2. The molecule has 0 amide bonds. The molecule has 2 nitrogen and oxygen atoms in total. The summed E-state index contributed by atoms with van der Waals surface area (Å²) in [6.07, 6.45) is 6.97. The standard InChI is InChI=1S/C10H14O2.C2H6/c1-4-6-7-10(5-2)12-8-9(3)11;1-2/h4-7H,1,8H2,2-3H3;1-2H3/b7-6-,10-5+;. The second kappa shape index (κ2) is 11.7. The Balaban J connectivity index is 0. The predicted molar refractivity (Wildman–Crippen MR) is 61.1 cm³/mol. The summed E-state index contributed by atoms with van der Waals surface area (Å²) >= 11 is 0. The van der Waals surface area contributed by atoms with Crippen molar-refractivity contribution in [2.75, 3.05) is 6.61 Å². The van der Waals surface area contributed by atoms with Crippen LogP contribution >= 0.6 is 0 Å². The van der Waals surface area contributed by atoms with Gasteiger partial charge in [-0.2, -0.15) is 0 Å². The van der Waals surface area contributed by atoms with Crippen LogP contribution in [0.15, 0.2) is 36.6 Å². The van der Waals surface area contributed by atoms with Gasteiger partial charge in [0, 0.05) is 0 Å². The van der Waals surface area contributed by atoms with Gasteiger partial charge in [-0.05, 0) is 26.0 Å². The molecule has 0 saturated carbocycles. The molecule has 0 bridgehead atoms. The van der Waals surface area contributed by atoms with Gasteiger partial charge in [0.1, 0.15) is 12.4 Å². The average molecular weight is 196 g/mol. The third-order valence-electron chi connectivity index (χ3n) is 1.12. The summed E-state index contributed by atoms with van der Waals surface area (Å²) in [7, 11) is 0. The molecule has 0 aliphatic carbocycles. The van der Waals surface area contributed by atoms with Crippen molar-refractivity contribution in [2.45, 2.75) is 27.7 Å². The third-order valence-corrected chi connectivity index (χ3v) is 1.12. The number of Topliss-reactive ketones (excluding diaryl/α,β-unsaturated/α-hetero) is 1. The number of allylic oxidation sites excluding steroid dienone is 4. The largest absolute Gasteiger partial charge is 0.486 e. The highest BCUT2D eigenvalue weighted by molar-refractivity contribution is 5.76. The average Bonchev–Trinajstić information content (AvgIpc) is 2.21. The van der Waals surface area contributed by atoms with Crippen LogP contribution in [0.5, 0.6) is 0 Å². The molecule has 0 radical (unpaired) electrons. The Hall–Kier alpha value is -1.31. The number of hydrogen-bond donors (Lipinski definition) is 0. The van der Waals surface area contributed by atoms with E-state index in [4.69, 9.17) is 4.74 Å². The lowest BCUT2D eigenvalue weighted by atomic mass is 10.4. The lowest BCUT2D eigenvalue weighted by Crippen LogP contribution is -2.02. The summed E-state index contributed by atoms with van der Waals surface area (Å²) in [5, 5.41) is 0. The van der Waals surface area contributed by atoms with Crippen molar-refractivity contribution in [3.05, 3.63) is 36.6 Å². The molecule has 0 fully saturated rings. The quantitative estimate of drug-likeness (QED) is 0.498. The summed E-state index contributed by atoms with van der Waals surface area (Å²) in [4.78, 5) is 10.5. The maximum Gasteiger partial charge on any atom is 0.167 e. The number of carbonyl (C=O) groups is 1. The van der Waals surface area contributed by atoms with Gasteiger partial charge < -0.3 is 4.74 Å². The Bertz CT molecular complexity index is 212. The second-order valence-electron chi connectivity index (χ2n) is 2.28. The number of ether oxygens (including phenoxy) is 1. The van der Waals surface area contributed by atoms with Gasteiger partial charge >= 0.3 is 0 Å². The Labute approximate surface area is 87.0 Å². The van der Waals surface area contributed by atoms with Gasteiger partial charge in [-0.3, -0.25) is 4.79 Å². The summed E-state index contributed by atoms with van der Waals surface area (Å²) in [5.41, 5.74) is 0. The third kappa shape index (κ3) is 10.7. The molecule has 2 heteroatoms. The number of ketones is 1. The van der Waals surface area contributed by atoms with Gasteiger partial charge in [0.2, 0.25) is 0 Å². The van der Waals surface area contributed by atoms with Crippen molar-refractivity contribution in [1.29, 1.82) is 0 Å². The Morgan fingerprint density at radius 1 is 1.43 bits per heavy atom. The van der Waals surface area contributed by atoms with E-state index in [9.17, 15) is 4.79 Å². The summed E-state index contributed by atoms with van der Waals surface area (Å²) in [5.74, 6) is 0.700. The van der Waals surface area contributed by atoms with Crippen molar-refractivity contribution < 1.29 is 9.53 Å². The molecule has 0 atom stereocenters. The SMILES string of the molecule is C=C/C=C\C(=C/C)OCC(C)=O.CC. The van der Waals surface area contributed by atoms with Crippen LogP contribution in [0.4, 0.5) is 0 Å². The zero-order valence-corrected chi connectivity index (χ0v) is 9.54. The first kappa shape index (κ1) is 15.2. The molecule has 0 N–H and O–H groups in total. The minimum atomic E-state index is 0.0151. The van der Waals surface area contributed by atoms with Crippen molar-refractivity contribution in [1.82, 2.24) is 0 Å². The zero-order chi connectivity index (χ0) is 11.4. The first-order chi connectivity index (χ1) is 6.70. The van der Waals surface area contributed by atoms with Gasteiger partial charge in [0.15, 0.2) is 5.78 Å². The fourth-order valence-corrected chi connectivity index (χ4v) is 0.576. The van der Waals surface area contributed by atoms with Crippen molar-refractivity contribution >= 4 is 5.78 Å². The maximum atomic E-state index is 10.5. The molecule has 80 valence electrons. The van der Waals surface area contributed by atoms with Crippen LogP contribution in [-0.4, -0.2) is 12.4 Å². The summed E-state index contributed by atoms with van der Waals surface area (Å²) in [6.45, 7) is 11.0. The van der Waals surface area contributed by atoms with Gasteiger partial charge in [0.05, 0.1) is 0 Å². The minimum Gasteiger partial charge on any atom is -0.486 e. The second-order valence-corrected chi connectivity index (χ2v) is 2.28. The fraction of sp³-hybridized carbons (Fsp3) is 0.417. The minimum absolute atomic E-state index is 0.0151. The smallest absolute Gasteiger partial charge is 0.167 e. The molecular formula is C12H20O2. The monoisotopic (exact) mass is 196 g/mol. The number of rotatable bonds is 5. The van der Waals surface area contributed by atoms with E-state index in [1.54, 1.807) is 24.3 Å². The van der Waals surface area contributed by atoms with Crippen molar-refractivity contribution in [3.8, 4) is 0 Å². The molecule has 0 aliphatic heterocycles. The highest BCUT2D eigenvalue weighted by atomic mass is 16.5. The van der Waals surface area contributed by atoms with Crippen LogP contribution in [0.25, 0.3) is 0 Å².